The molecule has 2 amide bonds. The first kappa shape index (κ1) is 26.9. The fraction of sp³-hybridized carbons (Fsp3) is 0.429. The minimum absolute atomic E-state index is 0.0143. The van der Waals surface area contributed by atoms with Crippen LogP contribution in [0.4, 0.5) is 16.3 Å². The number of benzene rings is 2. The lowest BCUT2D eigenvalue weighted by atomic mass is 9.89. The molecule has 2 heterocycles. The van der Waals surface area contributed by atoms with Crippen LogP contribution in [0.2, 0.25) is 0 Å². The summed E-state index contributed by atoms with van der Waals surface area (Å²) in [5.41, 5.74) is 3.70. The van der Waals surface area contributed by atoms with E-state index >= 15 is 0 Å². The van der Waals surface area contributed by atoms with Gasteiger partial charge in [0.2, 0.25) is 0 Å². The number of aromatic nitrogens is 2. The minimum atomic E-state index is -3.41. The van der Waals surface area contributed by atoms with Gasteiger partial charge >= 0.3 is 6.03 Å². The molecule has 0 spiro atoms. The number of hydrogen-bond acceptors (Lipinski definition) is 5. The summed E-state index contributed by atoms with van der Waals surface area (Å²) in [6, 6.07) is 16.5. The third kappa shape index (κ3) is 6.40. The lowest BCUT2D eigenvalue weighted by Gasteiger charge is -2.31. The Hall–Kier alpha value is -3.17. The van der Waals surface area contributed by atoms with Crippen molar-refractivity contribution in [1.82, 2.24) is 15.1 Å². The Balaban J connectivity index is 1.64. The van der Waals surface area contributed by atoms with E-state index in [0.29, 0.717) is 17.1 Å². The van der Waals surface area contributed by atoms with E-state index in [0.717, 1.165) is 42.9 Å². The summed E-state index contributed by atoms with van der Waals surface area (Å²) in [6.07, 6.45) is 2.82. The number of aryl methyl sites for hydroxylation is 1. The van der Waals surface area contributed by atoms with Crippen LogP contribution in [0.15, 0.2) is 54.6 Å². The second kappa shape index (κ2) is 10.7. The number of hydrogen-bond donors (Lipinski definition) is 3. The molecular formula is C28H37N5O3S. The van der Waals surface area contributed by atoms with Gasteiger partial charge in [-0.25, -0.2) is 17.9 Å². The van der Waals surface area contributed by atoms with Gasteiger partial charge in [0.15, 0.2) is 9.84 Å². The fourth-order valence-electron chi connectivity index (χ4n) is 4.83. The van der Waals surface area contributed by atoms with Gasteiger partial charge in [0.05, 0.1) is 16.6 Å². The van der Waals surface area contributed by atoms with Crippen molar-refractivity contribution in [3.8, 4) is 5.69 Å². The first-order chi connectivity index (χ1) is 17.4. The average molecular weight is 524 g/mol. The number of urea groups is 1. The van der Waals surface area contributed by atoms with E-state index in [1.54, 1.807) is 22.9 Å². The van der Waals surface area contributed by atoms with Gasteiger partial charge in [-0.05, 0) is 62.5 Å². The average Bonchev–Trinajstić information content (AvgIpc) is 3.25. The Kier molecular flexibility index (Phi) is 7.75. The molecule has 1 unspecified atom stereocenters. The van der Waals surface area contributed by atoms with Crippen LogP contribution in [0.1, 0.15) is 55.7 Å². The van der Waals surface area contributed by atoms with E-state index in [2.05, 4.69) is 36.7 Å². The van der Waals surface area contributed by atoms with Crippen molar-refractivity contribution >= 4 is 27.4 Å². The van der Waals surface area contributed by atoms with Gasteiger partial charge in [-0.2, -0.15) is 5.10 Å². The van der Waals surface area contributed by atoms with Gasteiger partial charge < -0.3 is 10.6 Å². The number of para-hydroxylation sites is 1. The molecule has 0 aliphatic carbocycles. The van der Waals surface area contributed by atoms with Crippen molar-refractivity contribution in [2.75, 3.05) is 30.0 Å². The summed E-state index contributed by atoms with van der Waals surface area (Å²) in [4.78, 5) is 13.3. The predicted octanol–water partition coefficient (Wildman–Crippen LogP) is 5.21. The van der Waals surface area contributed by atoms with Crippen molar-refractivity contribution in [2.24, 2.45) is 5.92 Å². The molecule has 4 rings (SSSR count). The molecule has 3 N–H and O–H groups in total. The number of nitrogens with one attached hydrogen (secondary N) is 3. The number of sulfone groups is 1. The maximum Gasteiger partial charge on any atom is 0.324 e. The van der Waals surface area contributed by atoms with Crippen LogP contribution in [0, 0.1) is 12.8 Å². The highest BCUT2D eigenvalue weighted by Crippen LogP contribution is 2.39. The molecule has 1 saturated heterocycles. The van der Waals surface area contributed by atoms with E-state index in [9.17, 15) is 13.2 Å². The van der Waals surface area contributed by atoms with Crippen molar-refractivity contribution < 1.29 is 13.2 Å². The molecule has 8 nitrogen and oxygen atoms in total. The number of rotatable bonds is 6. The summed E-state index contributed by atoms with van der Waals surface area (Å²) in [5.74, 6) is 0.515. The summed E-state index contributed by atoms with van der Waals surface area (Å²) in [5, 5.41) is 13.2. The van der Waals surface area contributed by atoms with Crippen LogP contribution in [0.25, 0.3) is 5.69 Å². The normalized spacial score (nSPS) is 15.8. The summed E-state index contributed by atoms with van der Waals surface area (Å²) < 4.78 is 27.6. The lowest BCUT2D eigenvalue weighted by molar-refractivity contribution is 0.262. The molecule has 3 aromatic rings. The molecule has 1 fully saturated rings. The molecule has 1 aromatic heterocycles. The fourth-order valence-corrected chi connectivity index (χ4v) is 6.47. The van der Waals surface area contributed by atoms with Gasteiger partial charge in [0.25, 0.3) is 0 Å². The van der Waals surface area contributed by atoms with E-state index in [1.165, 1.54) is 6.26 Å². The third-order valence-electron chi connectivity index (χ3n) is 6.79. The van der Waals surface area contributed by atoms with Gasteiger partial charge in [0, 0.05) is 23.4 Å². The molecular weight excluding hydrogens is 486 g/mol. The van der Waals surface area contributed by atoms with Crippen LogP contribution in [-0.4, -0.2) is 43.6 Å². The maximum atomic E-state index is 13.3. The van der Waals surface area contributed by atoms with Crippen molar-refractivity contribution in [3.05, 3.63) is 71.4 Å². The number of piperidine rings is 1. The molecule has 0 bridgehead atoms. The van der Waals surface area contributed by atoms with Crippen molar-refractivity contribution in [3.63, 3.8) is 0 Å². The van der Waals surface area contributed by atoms with Crippen LogP contribution in [-0.2, 0) is 15.3 Å². The first-order valence-electron chi connectivity index (χ1n) is 12.7. The Bertz CT molecular complexity index is 1350. The lowest BCUT2D eigenvalue weighted by Crippen LogP contribution is -2.34. The quantitative estimate of drug-likeness (QED) is 0.412. The summed E-state index contributed by atoms with van der Waals surface area (Å²) in [6.45, 7) is 9.80. The number of carbonyl (C=O) groups excluding carboxylic acids is 1. The van der Waals surface area contributed by atoms with Gasteiger partial charge in [-0.15, -0.1) is 0 Å². The highest BCUT2D eigenvalue weighted by Gasteiger charge is 2.34. The summed E-state index contributed by atoms with van der Waals surface area (Å²) >= 11 is 0. The minimum Gasteiger partial charge on any atom is -0.317 e. The summed E-state index contributed by atoms with van der Waals surface area (Å²) in [7, 11) is -3.41. The monoisotopic (exact) mass is 523 g/mol. The molecule has 1 aliphatic heterocycles. The zero-order valence-electron chi connectivity index (χ0n) is 22.2. The van der Waals surface area contributed by atoms with Crippen molar-refractivity contribution in [1.29, 1.82) is 0 Å². The molecule has 2 aromatic carbocycles. The van der Waals surface area contributed by atoms with Gasteiger partial charge in [0.1, 0.15) is 5.82 Å². The molecule has 0 radical (unpaired) electrons. The highest BCUT2D eigenvalue weighted by molar-refractivity contribution is 7.91. The number of amides is 2. The van der Waals surface area contributed by atoms with Crippen LogP contribution < -0.4 is 16.0 Å². The van der Waals surface area contributed by atoms with E-state index in [-0.39, 0.29) is 11.3 Å². The number of nitrogens with zero attached hydrogens (tertiary/aromatic N) is 2. The Labute approximate surface area is 219 Å². The second-order valence-electron chi connectivity index (χ2n) is 10.9. The van der Waals surface area contributed by atoms with Crippen LogP contribution in [0.5, 0.6) is 0 Å². The Morgan fingerprint density at radius 2 is 1.70 bits per heavy atom. The zero-order chi connectivity index (χ0) is 26.8. The largest absolute Gasteiger partial charge is 0.324 e. The zero-order valence-corrected chi connectivity index (χ0v) is 23.0. The van der Waals surface area contributed by atoms with E-state index in [4.69, 9.17) is 5.10 Å². The standard InChI is InChI=1S/C28H37N5O3S/c1-19-10-12-21(13-11-19)33-25(18-24(32-33)28(2,3)4)31-27(34)30-23-9-7-6-8-22(23)26(37(5,35)36)20-14-16-29-17-15-20/h6-13,18,20,26,29H,14-17H2,1-5H3,(H2,30,31,34). The van der Waals surface area contributed by atoms with Crippen molar-refractivity contribution in [2.45, 2.75) is 51.2 Å². The maximum absolute atomic E-state index is 13.3. The topological polar surface area (TPSA) is 105 Å². The van der Waals surface area contributed by atoms with E-state index < -0.39 is 21.1 Å². The second-order valence-corrected chi connectivity index (χ2v) is 13.1. The molecule has 37 heavy (non-hydrogen) atoms. The Morgan fingerprint density at radius 3 is 2.32 bits per heavy atom. The predicted molar refractivity (Wildman–Crippen MR) is 149 cm³/mol. The molecule has 1 aliphatic rings. The van der Waals surface area contributed by atoms with Gasteiger partial charge in [-0.1, -0.05) is 56.7 Å². The van der Waals surface area contributed by atoms with E-state index in [1.807, 2.05) is 43.3 Å². The Morgan fingerprint density at radius 1 is 1.05 bits per heavy atom. The third-order valence-corrected chi connectivity index (χ3v) is 8.35. The SMILES string of the molecule is Cc1ccc(-n2nc(C(C)(C)C)cc2NC(=O)Nc2ccccc2C(C2CCNCC2)S(C)(=O)=O)cc1. The van der Waals surface area contributed by atoms with Crippen LogP contribution in [0.3, 0.4) is 0 Å². The highest BCUT2D eigenvalue weighted by atomic mass is 32.2. The smallest absolute Gasteiger partial charge is 0.317 e. The molecule has 198 valence electrons. The first-order valence-corrected chi connectivity index (χ1v) is 14.6. The molecule has 9 heteroatoms. The van der Waals surface area contributed by atoms with Gasteiger partial charge in [-0.3, -0.25) is 5.32 Å². The van der Waals surface area contributed by atoms with Crippen LogP contribution >= 0.6 is 0 Å². The number of carbonyl (C=O) groups is 1. The number of anilines is 2. The molecule has 0 saturated carbocycles. The molecule has 1 atom stereocenters.